The predicted octanol–water partition coefficient (Wildman–Crippen LogP) is -0.0459. The number of morpholine rings is 1. The molecule has 2 saturated heterocycles. The van der Waals surface area contributed by atoms with Crippen LogP contribution in [0, 0.1) is 0 Å². The number of carbonyl (C=O) groups excluding carboxylic acids is 1. The van der Waals surface area contributed by atoms with E-state index in [4.69, 9.17) is 4.74 Å². The molecular formula is C15H21N3O4S. The van der Waals surface area contributed by atoms with E-state index >= 15 is 0 Å². The van der Waals surface area contributed by atoms with Crippen LogP contribution in [0.4, 0.5) is 0 Å². The SMILES string of the molecule is O=C1C[C@@H](NS(=O)(=O)N2CCOCC2)CN1Cc1ccccc1. The molecule has 1 amide bonds. The summed E-state index contributed by atoms with van der Waals surface area (Å²) in [6.07, 6.45) is 0.205. The highest BCUT2D eigenvalue weighted by molar-refractivity contribution is 7.87. The van der Waals surface area contributed by atoms with Crippen molar-refractivity contribution in [2.75, 3.05) is 32.8 Å². The summed E-state index contributed by atoms with van der Waals surface area (Å²) in [7, 11) is -3.56. The highest BCUT2D eigenvalue weighted by atomic mass is 32.2. The van der Waals surface area contributed by atoms with Crippen LogP contribution in [-0.2, 0) is 26.3 Å². The summed E-state index contributed by atoms with van der Waals surface area (Å²) in [5, 5.41) is 0. The zero-order valence-electron chi connectivity index (χ0n) is 12.8. The van der Waals surface area contributed by atoms with Crippen LogP contribution in [0.1, 0.15) is 12.0 Å². The summed E-state index contributed by atoms with van der Waals surface area (Å²) in [6.45, 7) is 2.43. The van der Waals surface area contributed by atoms with Crippen LogP contribution in [0.25, 0.3) is 0 Å². The molecule has 0 unspecified atom stereocenters. The van der Waals surface area contributed by atoms with Gasteiger partial charge in [-0.2, -0.15) is 17.4 Å². The van der Waals surface area contributed by atoms with Crippen molar-refractivity contribution in [3.8, 4) is 0 Å². The molecule has 2 fully saturated rings. The van der Waals surface area contributed by atoms with E-state index in [1.165, 1.54) is 4.31 Å². The van der Waals surface area contributed by atoms with Gasteiger partial charge in [-0.3, -0.25) is 4.79 Å². The minimum Gasteiger partial charge on any atom is -0.379 e. The lowest BCUT2D eigenvalue weighted by Gasteiger charge is -2.27. The lowest BCUT2D eigenvalue weighted by atomic mass is 10.2. The molecule has 2 aliphatic rings. The number of amides is 1. The van der Waals surface area contributed by atoms with Crippen LogP contribution in [0.15, 0.2) is 30.3 Å². The van der Waals surface area contributed by atoms with Crippen molar-refractivity contribution in [2.24, 2.45) is 0 Å². The lowest BCUT2D eigenvalue weighted by molar-refractivity contribution is -0.128. The van der Waals surface area contributed by atoms with Crippen molar-refractivity contribution in [3.63, 3.8) is 0 Å². The standard InChI is InChI=1S/C15H21N3O4S/c19-15-10-14(12-17(15)11-13-4-2-1-3-5-13)16-23(20,21)18-6-8-22-9-7-18/h1-5,14,16H,6-12H2/t14-/m1/s1. The Bertz CT molecular complexity index is 644. The molecule has 0 aliphatic carbocycles. The molecule has 2 heterocycles. The fourth-order valence-electron chi connectivity index (χ4n) is 2.88. The number of nitrogens with one attached hydrogen (secondary N) is 1. The smallest absolute Gasteiger partial charge is 0.279 e. The fourth-order valence-corrected chi connectivity index (χ4v) is 4.24. The number of nitrogens with zero attached hydrogens (tertiary/aromatic N) is 2. The van der Waals surface area contributed by atoms with Crippen molar-refractivity contribution in [1.82, 2.24) is 13.9 Å². The summed E-state index contributed by atoms with van der Waals surface area (Å²) >= 11 is 0. The number of ether oxygens (including phenoxy) is 1. The minimum absolute atomic E-state index is 0.0245. The van der Waals surface area contributed by atoms with Crippen LogP contribution in [-0.4, -0.2) is 62.4 Å². The van der Waals surface area contributed by atoms with E-state index in [0.29, 0.717) is 39.4 Å². The molecule has 0 saturated carbocycles. The predicted molar refractivity (Wildman–Crippen MR) is 84.7 cm³/mol. The molecule has 0 radical (unpaired) electrons. The fraction of sp³-hybridized carbons (Fsp3) is 0.533. The first-order chi connectivity index (χ1) is 11.0. The van der Waals surface area contributed by atoms with Crippen molar-refractivity contribution in [3.05, 3.63) is 35.9 Å². The maximum atomic E-state index is 12.3. The van der Waals surface area contributed by atoms with Crippen molar-refractivity contribution < 1.29 is 17.9 Å². The van der Waals surface area contributed by atoms with E-state index in [-0.39, 0.29) is 18.4 Å². The Morgan fingerprint density at radius 3 is 2.57 bits per heavy atom. The third-order valence-electron chi connectivity index (χ3n) is 4.06. The molecule has 1 N–H and O–H groups in total. The summed E-state index contributed by atoms with van der Waals surface area (Å²) in [6, 6.07) is 9.31. The van der Waals surface area contributed by atoms with Gasteiger partial charge < -0.3 is 9.64 Å². The van der Waals surface area contributed by atoms with Crippen molar-refractivity contribution in [1.29, 1.82) is 0 Å². The molecule has 0 aromatic heterocycles. The number of rotatable bonds is 5. The number of likely N-dealkylation sites (tertiary alicyclic amines) is 1. The number of hydrogen-bond acceptors (Lipinski definition) is 4. The van der Waals surface area contributed by atoms with E-state index in [9.17, 15) is 13.2 Å². The lowest BCUT2D eigenvalue weighted by Crippen LogP contribution is -2.50. The van der Waals surface area contributed by atoms with E-state index < -0.39 is 10.2 Å². The van der Waals surface area contributed by atoms with Gasteiger partial charge in [0.25, 0.3) is 10.2 Å². The van der Waals surface area contributed by atoms with Crippen LogP contribution in [0.3, 0.4) is 0 Å². The Balaban J connectivity index is 1.59. The van der Waals surface area contributed by atoms with Crippen LogP contribution >= 0.6 is 0 Å². The van der Waals surface area contributed by atoms with Gasteiger partial charge in [-0.25, -0.2) is 0 Å². The summed E-state index contributed by atoms with van der Waals surface area (Å²) in [5.41, 5.74) is 1.04. The molecule has 126 valence electrons. The molecule has 2 aliphatic heterocycles. The van der Waals surface area contributed by atoms with Gasteiger partial charge in [-0.15, -0.1) is 0 Å². The Morgan fingerprint density at radius 2 is 1.87 bits per heavy atom. The third-order valence-corrected chi connectivity index (χ3v) is 5.73. The Hall–Kier alpha value is -1.48. The molecule has 1 aromatic carbocycles. The van der Waals surface area contributed by atoms with Gasteiger partial charge >= 0.3 is 0 Å². The molecule has 0 bridgehead atoms. The van der Waals surface area contributed by atoms with Gasteiger partial charge in [0, 0.05) is 38.6 Å². The minimum atomic E-state index is -3.56. The number of hydrogen-bond donors (Lipinski definition) is 1. The molecule has 1 atom stereocenters. The topological polar surface area (TPSA) is 79.0 Å². The second-order valence-corrected chi connectivity index (χ2v) is 7.50. The van der Waals surface area contributed by atoms with Crippen molar-refractivity contribution in [2.45, 2.75) is 19.0 Å². The summed E-state index contributed by atoms with van der Waals surface area (Å²) in [5.74, 6) is -0.0245. The summed E-state index contributed by atoms with van der Waals surface area (Å²) in [4.78, 5) is 13.8. The van der Waals surface area contributed by atoms with E-state index in [0.717, 1.165) is 5.56 Å². The van der Waals surface area contributed by atoms with E-state index in [2.05, 4.69) is 4.72 Å². The van der Waals surface area contributed by atoms with Gasteiger partial charge in [0.05, 0.1) is 13.2 Å². The molecular weight excluding hydrogens is 318 g/mol. The van der Waals surface area contributed by atoms with Crippen LogP contribution in [0.2, 0.25) is 0 Å². The van der Waals surface area contributed by atoms with Gasteiger partial charge in [0.1, 0.15) is 0 Å². The van der Waals surface area contributed by atoms with Gasteiger partial charge in [-0.05, 0) is 5.56 Å². The van der Waals surface area contributed by atoms with E-state index in [1.807, 2.05) is 30.3 Å². The quantitative estimate of drug-likeness (QED) is 0.816. The average molecular weight is 339 g/mol. The highest BCUT2D eigenvalue weighted by Gasteiger charge is 2.34. The first-order valence-electron chi connectivity index (χ1n) is 7.71. The molecule has 0 spiro atoms. The Labute approximate surface area is 136 Å². The highest BCUT2D eigenvalue weighted by Crippen LogP contribution is 2.16. The monoisotopic (exact) mass is 339 g/mol. The second kappa shape index (κ2) is 6.96. The maximum Gasteiger partial charge on any atom is 0.279 e. The molecule has 8 heteroatoms. The largest absolute Gasteiger partial charge is 0.379 e. The third kappa shape index (κ3) is 4.08. The van der Waals surface area contributed by atoms with Gasteiger partial charge in [0.2, 0.25) is 5.91 Å². The second-order valence-electron chi connectivity index (χ2n) is 5.80. The van der Waals surface area contributed by atoms with Crippen molar-refractivity contribution >= 4 is 16.1 Å². The zero-order valence-corrected chi connectivity index (χ0v) is 13.7. The normalized spacial score (nSPS) is 23.4. The first kappa shape index (κ1) is 16.4. The van der Waals surface area contributed by atoms with Crippen LogP contribution < -0.4 is 4.72 Å². The van der Waals surface area contributed by atoms with Crippen LogP contribution in [0.5, 0.6) is 0 Å². The number of carbonyl (C=O) groups is 1. The first-order valence-corrected chi connectivity index (χ1v) is 9.15. The van der Waals surface area contributed by atoms with Gasteiger partial charge in [-0.1, -0.05) is 30.3 Å². The average Bonchev–Trinajstić information content (AvgIpc) is 2.88. The molecule has 3 rings (SSSR count). The summed E-state index contributed by atoms with van der Waals surface area (Å²) < 4.78 is 33.9. The molecule has 1 aromatic rings. The maximum absolute atomic E-state index is 12.3. The Kier molecular flexibility index (Phi) is 4.96. The van der Waals surface area contributed by atoms with Gasteiger partial charge in [0.15, 0.2) is 0 Å². The molecule has 7 nitrogen and oxygen atoms in total. The zero-order chi connectivity index (χ0) is 16.3. The molecule has 23 heavy (non-hydrogen) atoms. The Morgan fingerprint density at radius 1 is 1.17 bits per heavy atom. The van der Waals surface area contributed by atoms with E-state index in [1.54, 1.807) is 4.90 Å². The number of benzene rings is 1.